The number of likely N-dealkylation sites (tertiary alicyclic amines) is 1. The van der Waals surface area contributed by atoms with E-state index < -0.39 is 0 Å². The molecule has 1 aliphatic heterocycles. The Morgan fingerprint density at radius 3 is 2.80 bits per heavy atom. The van der Waals surface area contributed by atoms with Crippen molar-refractivity contribution in [2.45, 2.75) is 38.8 Å². The average molecular weight is 323 g/mol. The molecule has 20 heavy (non-hydrogen) atoms. The first-order valence-corrected chi connectivity index (χ1v) is 6.66. The van der Waals surface area contributed by atoms with Crippen molar-refractivity contribution in [2.75, 3.05) is 13.1 Å². The van der Waals surface area contributed by atoms with Crippen LogP contribution in [0.4, 0.5) is 0 Å². The van der Waals surface area contributed by atoms with Crippen LogP contribution in [0.1, 0.15) is 26.2 Å². The number of piperidine rings is 1. The average Bonchev–Trinajstić information content (AvgIpc) is 2.88. The number of hydrogen-bond acceptors (Lipinski definition) is 3. The van der Waals surface area contributed by atoms with Crippen LogP contribution in [0.2, 0.25) is 0 Å². The van der Waals surface area contributed by atoms with E-state index in [1.54, 1.807) is 12.5 Å². The van der Waals surface area contributed by atoms with E-state index in [1.165, 1.54) is 0 Å². The lowest BCUT2D eigenvalue weighted by molar-refractivity contribution is -0.135. The second-order valence-electron chi connectivity index (χ2n) is 5.16. The van der Waals surface area contributed by atoms with E-state index in [-0.39, 0.29) is 36.8 Å². The molecule has 1 aliphatic rings. The molecule has 0 aliphatic carbocycles. The highest BCUT2D eigenvalue weighted by Crippen LogP contribution is 2.22. The molecule has 116 valence electrons. The van der Waals surface area contributed by atoms with Gasteiger partial charge in [0.2, 0.25) is 5.91 Å². The molecule has 0 aromatic carbocycles. The molecule has 5 nitrogen and oxygen atoms in total. The van der Waals surface area contributed by atoms with Crippen LogP contribution in [0.25, 0.3) is 0 Å². The van der Waals surface area contributed by atoms with Crippen LogP contribution in [-0.2, 0) is 11.3 Å². The summed E-state index contributed by atoms with van der Waals surface area (Å²) >= 11 is 0. The monoisotopic (exact) mass is 322 g/mol. The third kappa shape index (κ3) is 4.96. The van der Waals surface area contributed by atoms with Crippen molar-refractivity contribution in [3.8, 4) is 0 Å². The first-order chi connectivity index (χ1) is 8.70. The lowest BCUT2D eigenvalue weighted by Gasteiger charge is -2.38. The molecule has 2 atom stereocenters. The molecule has 2 N–H and O–H groups in total. The summed E-state index contributed by atoms with van der Waals surface area (Å²) in [5.74, 6) is 0.891. The van der Waals surface area contributed by atoms with Gasteiger partial charge in [-0.2, -0.15) is 0 Å². The topological polar surface area (TPSA) is 64.2 Å². The second kappa shape index (κ2) is 9.21. The third-order valence-electron chi connectivity index (χ3n) is 3.71. The predicted octanol–water partition coefficient (Wildman–Crippen LogP) is 1.70. The molecular weight excluding hydrogens is 299 g/mol. The predicted molar refractivity (Wildman–Crippen MR) is 84.3 cm³/mol. The highest BCUT2D eigenvalue weighted by Gasteiger charge is 2.28. The molecule has 1 aromatic heterocycles. The van der Waals surface area contributed by atoms with Gasteiger partial charge in [0.25, 0.3) is 0 Å². The van der Waals surface area contributed by atoms with E-state index in [1.807, 2.05) is 15.7 Å². The summed E-state index contributed by atoms with van der Waals surface area (Å²) in [5.41, 5.74) is 5.78. The molecule has 1 amide bonds. The number of rotatable bonds is 4. The molecular formula is C13H24Cl2N4O. The first-order valence-electron chi connectivity index (χ1n) is 6.66. The summed E-state index contributed by atoms with van der Waals surface area (Å²) in [6, 6.07) is 0.226. The molecule has 2 unspecified atom stereocenters. The Morgan fingerprint density at radius 1 is 1.45 bits per heavy atom. The molecule has 7 heteroatoms. The van der Waals surface area contributed by atoms with Gasteiger partial charge in [-0.1, -0.05) is 6.92 Å². The summed E-state index contributed by atoms with van der Waals surface area (Å²) in [6.45, 7) is 4.35. The Labute approximate surface area is 132 Å². The number of hydrogen-bond donors (Lipinski definition) is 1. The molecule has 1 fully saturated rings. The van der Waals surface area contributed by atoms with Crippen molar-refractivity contribution in [1.82, 2.24) is 14.5 Å². The maximum atomic E-state index is 12.2. The smallest absolute Gasteiger partial charge is 0.224 e. The molecule has 1 saturated heterocycles. The van der Waals surface area contributed by atoms with E-state index >= 15 is 0 Å². The largest absolute Gasteiger partial charge is 0.338 e. The number of amides is 1. The molecule has 0 spiro atoms. The number of aryl methyl sites for hydroxylation is 1. The van der Waals surface area contributed by atoms with Crippen LogP contribution in [-0.4, -0.2) is 39.5 Å². The van der Waals surface area contributed by atoms with Crippen molar-refractivity contribution in [2.24, 2.45) is 11.7 Å². The lowest BCUT2D eigenvalue weighted by atomic mass is 9.92. The van der Waals surface area contributed by atoms with Gasteiger partial charge in [-0.15, -0.1) is 24.8 Å². The number of nitrogens with two attached hydrogens (primary N) is 1. The second-order valence-corrected chi connectivity index (χ2v) is 5.16. The van der Waals surface area contributed by atoms with Crippen LogP contribution in [0.5, 0.6) is 0 Å². The maximum absolute atomic E-state index is 12.2. The molecule has 0 radical (unpaired) electrons. The van der Waals surface area contributed by atoms with Gasteiger partial charge in [0.05, 0.1) is 6.33 Å². The minimum absolute atomic E-state index is 0. The van der Waals surface area contributed by atoms with E-state index in [2.05, 4.69) is 11.9 Å². The number of aromatic nitrogens is 2. The third-order valence-corrected chi connectivity index (χ3v) is 3.71. The van der Waals surface area contributed by atoms with Gasteiger partial charge < -0.3 is 15.2 Å². The minimum atomic E-state index is 0. The molecule has 2 rings (SSSR count). The van der Waals surface area contributed by atoms with Gasteiger partial charge in [0.1, 0.15) is 0 Å². The van der Waals surface area contributed by atoms with Gasteiger partial charge >= 0.3 is 0 Å². The van der Waals surface area contributed by atoms with E-state index in [4.69, 9.17) is 5.73 Å². The van der Waals surface area contributed by atoms with Crippen LogP contribution >= 0.6 is 24.8 Å². The van der Waals surface area contributed by atoms with Crippen LogP contribution in [0.3, 0.4) is 0 Å². The van der Waals surface area contributed by atoms with Gasteiger partial charge in [0, 0.05) is 44.5 Å². The highest BCUT2D eigenvalue weighted by atomic mass is 35.5. The Kier molecular flexibility index (Phi) is 8.85. The summed E-state index contributed by atoms with van der Waals surface area (Å²) < 4.78 is 1.93. The fourth-order valence-electron chi connectivity index (χ4n) is 2.59. The van der Waals surface area contributed by atoms with Gasteiger partial charge in [-0.05, 0) is 18.8 Å². The molecule has 0 saturated carbocycles. The zero-order valence-corrected chi connectivity index (χ0v) is 13.4. The molecule has 0 bridgehead atoms. The Bertz CT molecular complexity index is 386. The zero-order chi connectivity index (χ0) is 13.0. The Hall–Kier alpha value is -0.780. The molecule has 1 aromatic rings. The van der Waals surface area contributed by atoms with E-state index in [9.17, 15) is 4.79 Å². The number of carbonyl (C=O) groups excluding carboxylic acids is 1. The SMILES string of the molecule is CC1CCN(C(=O)CCn2ccnc2)C(CN)C1.Cl.Cl. The van der Waals surface area contributed by atoms with E-state index in [0.29, 0.717) is 25.4 Å². The Balaban J connectivity index is 0.00000180. The number of imidazole rings is 1. The molecule has 2 heterocycles. The number of carbonyl (C=O) groups is 1. The van der Waals surface area contributed by atoms with Crippen LogP contribution < -0.4 is 5.73 Å². The van der Waals surface area contributed by atoms with Crippen LogP contribution in [0, 0.1) is 5.92 Å². The van der Waals surface area contributed by atoms with Crippen molar-refractivity contribution in [3.63, 3.8) is 0 Å². The Morgan fingerprint density at radius 2 is 2.20 bits per heavy atom. The van der Waals surface area contributed by atoms with Crippen molar-refractivity contribution < 1.29 is 4.79 Å². The van der Waals surface area contributed by atoms with Crippen molar-refractivity contribution in [1.29, 1.82) is 0 Å². The van der Waals surface area contributed by atoms with Crippen molar-refractivity contribution >= 4 is 30.7 Å². The first kappa shape index (κ1) is 19.2. The van der Waals surface area contributed by atoms with Crippen LogP contribution in [0.15, 0.2) is 18.7 Å². The highest BCUT2D eigenvalue weighted by molar-refractivity contribution is 5.85. The summed E-state index contributed by atoms with van der Waals surface area (Å²) in [7, 11) is 0. The normalized spacial score (nSPS) is 21.8. The quantitative estimate of drug-likeness (QED) is 0.917. The standard InChI is InChI=1S/C13H22N4O.2ClH/c1-11-2-6-17(12(8-11)9-14)13(18)3-5-16-7-4-15-10-16;;/h4,7,10-12H,2-3,5-6,8-9,14H2,1H3;2*1H. The summed E-state index contributed by atoms with van der Waals surface area (Å²) in [4.78, 5) is 18.1. The lowest BCUT2D eigenvalue weighted by Crippen LogP contribution is -2.49. The van der Waals surface area contributed by atoms with E-state index in [0.717, 1.165) is 19.4 Å². The summed E-state index contributed by atoms with van der Waals surface area (Å²) in [5, 5.41) is 0. The number of halogens is 2. The van der Waals surface area contributed by atoms with Gasteiger partial charge in [-0.25, -0.2) is 4.98 Å². The maximum Gasteiger partial charge on any atom is 0.224 e. The van der Waals surface area contributed by atoms with Gasteiger partial charge in [0.15, 0.2) is 0 Å². The van der Waals surface area contributed by atoms with Crippen molar-refractivity contribution in [3.05, 3.63) is 18.7 Å². The number of nitrogens with zero attached hydrogens (tertiary/aromatic N) is 3. The zero-order valence-electron chi connectivity index (χ0n) is 11.8. The minimum Gasteiger partial charge on any atom is -0.338 e. The fraction of sp³-hybridized carbons (Fsp3) is 0.692. The van der Waals surface area contributed by atoms with Gasteiger partial charge in [-0.3, -0.25) is 4.79 Å². The summed E-state index contributed by atoms with van der Waals surface area (Å²) in [6.07, 6.45) is 8.01. The fourth-order valence-corrected chi connectivity index (χ4v) is 2.59.